The van der Waals surface area contributed by atoms with Gasteiger partial charge in [-0.2, -0.15) is 0 Å². The first-order chi connectivity index (χ1) is 22.2. The van der Waals surface area contributed by atoms with Gasteiger partial charge in [0.15, 0.2) is 18.9 Å². The van der Waals surface area contributed by atoms with Crippen molar-refractivity contribution in [2.75, 3.05) is 26.4 Å². The van der Waals surface area contributed by atoms with Gasteiger partial charge >= 0.3 is 0 Å². The second kappa shape index (κ2) is 16.5. The van der Waals surface area contributed by atoms with E-state index in [1.54, 1.807) is 13.8 Å². The number of hydrogen-bond donors (Lipinski definition) is 13. The topological polar surface area (TPSA) is 328 Å². The highest BCUT2D eigenvalue weighted by Crippen LogP contribution is 2.36. The van der Waals surface area contributed by atoms with Gasteiger partial charge in [0.25, 0.3) is 0 Å². The molecule has 0 bridgehead atoms. The summed E-state index contributed by atoms with van der Waals surface area (Å²) in [6.45, 7) is 0.255. The lowest BCUT2D eigenvalue weighted by Crippen LogP contribution is -2.68. The van der Waals surface area contributed by atoms with Gasteiger partial charge in [0.05, 0.1) is 32.5 Å². The second-order valence-electron chi connectivity index (χ2n) is 12.5. The third-order valence-corrected chi connectivity index (χ3v) is 8.92. The summed E-state index contributed by atoms with van der Waals surface area (Å²) < 4.78 is 39.5. The molecule has 4 saturated heterocycles. The van der Waals surface area contributed by atoms with Crippen LogP contribution in [0.25, 0.3) is 0 Å². The third-order valence-electron chi connectivity index (χ3n) is 8.92. The van der Waals surface area contributed by atoms with Crippen LogP contribution in [-0.4, -0.2) is 215 Å². The van der Waals surface area contributed by atoms with Crippen molar-refractivity contribution in [1.29, 1.82) is 0 Å². The fourth-order valence-corrected chi connectivity index (χ4v) is 6.12. The quantitative estimate of drug-likeness (QED) is 0.0956. The molecule has 0 aromatic carbocycles. The zero-order valence-electron chi connectivity index (χ0n) is 25.6. The van der Waals surface area contributed by atoms with Crippen molar-refractivity contribution in [2.24, 2.45) is 5.92 Å². The predicted octanol–water partition coefficient (Wildman–Crippen LogP) is -8.04. The fourth-order valence-electron chi connectivity index (χ4n) is 6.12. The smallest absolute Gasteiger partial charge is 0.187 e. The molecule has 20 heteroatoms. The zero-order chi connectivity index (χ0) is 34.9. The van der Waals surface area contributed by atoms with Crippen molar-refractivity contribution in [3.05, 3.63) is 0 Å². The van der Waals surface area contributed by atoms with Gasteiger partial charge < -0.3 is 99.5 Å². The summed E-state index contributed by atoms with van der Waals surface area (Å²) in [5.41, 5.74) is 0. The van der Waals surface area contributed by atoms with Crippen molar-refractivity contribution < 1.29 is 99.5 Å². The summed E-state index contributed by atoms with van der Waals surface area (Å²) in [5, 5.41) is 134. The maximum Gasteiger partial charge on any atom is 0.187 e. The Bertz CT molecular complexity index is 959. The summed E-state index contributed by atoms with van der Waals surface area (Å²) in [7, 11) is 0. The van der Waals surface area contributed by atoms with E-state index in [9.17, 15) is 66.4 Å². The molecule has 0 radical (unpaired) electrons. The lowest BCUT2D eigenvalue weighted by atomic mass is 9.88. The Morgan fingerprint density at radius 3 is 1.21 bits per heavy atom. The van der Waals surface area contributed by atoms with E-state index < -0.39 is 155 Å². The van der Waals surface area contributed by atoms with Crippen LogP contribution in [0.1, 0.15) is 13.8 Å². The molecule has 0 aliphatic carbocycles. The fraction of sp³-hybridized carbons (Fsp3) is 1.00. The van der Waals surface area contributed by atoms with Crippen molar-refractivity contribution in [3.63, 3.8) is 0 Å². The summed E-state index contributed by atoms with van der Waals surface area (Å²) in [4.78, 5) is 0. The van der Waals surface area contributed by atoms with Crippen LogP contribution in [0.2, 0.25) is 0 Å². The number of ether oxygens (including phenoxy) is 7. The predicted molar refractivity (Wildman–Crippen MR) is 147 cm³/mol. The molecule has 276 valence electrons. The SMILES string of the molecule is CC(C)[C@@H]1O[C@H](CO)[C@@H](O[C@@H]2O[C@H](CO)[C@@H](O)[C@H](O[C@@H]3O[C@H](CO)[C@@H](O)[C@H](O)[C@H]3O)[C@H]2O)[C@H](O)[C@H]1O[C@@H]1O[C@H](CO)[C@@H](O)[C@H](O)[C@H]1O. The summed E-state index contributed by atoms with van der Waals surface area (Å²) >= 11 is 0. The highest BCUT2D eigenvalue weighted by molar-refractivity contribution is 4.99. The summed E-state index contributed by atoms with van der Waals surface area (Å²) in [6, 6.07) is 0. The molecule has 0 aromatic heterocycles. The van der Waals surface area contributed by atoms with Crippen LogP contribution in [-0.2, 0) is 33.2 Å². The lowest BCUT2D eigenvalue weighted by Gasteiger charge is -2.50. The minimum Gasteiger partial charge on any atom is -0.394 e. The zero-order valence-corrected chi connectivity index (χ0v) is 25.6. The molecular formula is C27H48O20. The Balaban J connectivity index is 1.56. The minimum atomic E-state index is -1.97. The molecule has 0 amide bonds. The highest BCUT2D eigenvalue weighted by atomic mass is 16.8. The molecule has 4 aliphatic rings. The summed E-state index contributed by atoms with van der Waals surface area (Å²) in [5.74, 6) is -0.406. The molecule has 4 aliphatic heterocycles. The van der Waals surface area contributed by atoms with Crippen LogP contribution in [0, 0.1) is 5.92 Å². The van der Waals surface area contributed by atoms with E-state index in [0.717, 1.165) is 0 Å². The molecule has 0 saturated carbocycles. The monoisotopic (exact) mass is 692 g/mol. The van der Waals surface area contributed by atoms with Crippen molar-refractivity contribution >= 4 is 0 Å². The Morgan fingerprint density at radius 1 is 0.404 bits per heavy atom. The van der Waals surface area contributed by atoms with Gasteiger partial charge in [-0.15, -0.1) is 0 Å². The van der Waals surface area contributed by atoms with E-state index in [0.29, 0.717) is 0 Å². The molecule has 20 atom stereocenters. The molecule has 4 rings (SSSR count). The van der Waals surface area contributed by atoms with Gasteiger partial charge in [-0.3, -0.25) is 0 Å². The third kappa shape index (κ3) is 7.92. The lowest BCUT2D eigenvalue weighted by molar-refractivity contribution is -0.382. The van der Waals surface area contributed by atoms with Gasteiger partial charge in [-0.05, 0) is 5.92 Å². The van der Waals surface area contributed by atoms with Crippen molar-refractivity contribution in [1.82, 2.24) is 0 Å². The molecule has 47 heavy (non-hydrogen) atoms. The highest BCUT2D eigenvalue weighted by Gasteiger charge is 2.55. The van der Waals surface area contributed by atoms with E-state index in [-0.39, 0.29) is 0 Å². The Hall–Kier alpha value is -0.800. The maximum absolute atomic E-state index is 11.5. The number of aliphatic hydroxyl groups excluding tert-OH is 13. The van der Waals surface area contributed by atoms with Crippen LogP contribution < -0.4 is 0 Å². The number of hydrogen-bond acceptors (Lipinski definition) is 20. The Labute approximate surface area is 268 Å². The Kier molecular flexibility index (Phi) is 13.7. The van der Waals surface area contributed by atoms with Crippen LogP contribution in [0.15, 0.2) is 0 Å². The molecule has 4 heterocycles. The van der Waals surface area contributed by atoms with E-state index >= 15 is 0 Å². The first-order valence-corrected chi connectivity index (χ1v) is 15.3. The average molecular weight is 693 g/mol. The number of aliphatic hydroxyl groups is 13. The van der Waals surface area contributed by atoms with Gasteiger partial charge in [-0.25, -0.2) is 0 Å². The van der Waals surface area contributed by atoms with Gasteiger partial charge in [0.1, 0.15) is 97.7 Å². The minimum absolute atomic E-state index is 0.406. The molecule has 0 unspecified atom stereocenters. The van der Waals surface area contributed by atoms with Crippen molar-refractivity contribution in [3.8, 4) is 0 Å². The molecule has 0 aromatic rings. The summed E-state index contributed by atoms with van der Waals surface area (Å²) in [6.07, 6.45) is -33.0. The first-order valence-electron chi connectivity index (χ1n) is 15.3. The largest absolute Gasteiger partial charge is 0.394 e. The average Bonchev–Trinajstić information content (AvgIpc) is 3.05. The van der Waals surface area contributed by atoms with Crippen LogP contribution in [0.4, 0.5) is 0 Å². The Morgan fingerprint density at radius 2 is 0.787 bits per heavy atom. The maximum atomic E-state index is 11.5. The van der Waals surface area contributed by atoms with Crippen LogP contribution in [0.3, 0.4) is 0 Å². The first kappa shape index (κ1) is 39.0. The normalized spacial score (nSPS) is 51.3. The molecule has 4 fully saturated rings. The van der Waals surface area contributed by atoms with Crippen molar-refractivity contribution in [2.45, 2.75) is 136 Å². The van der Waals surface area contributed by atoms with Crippen LogP contribution in [0.5, 0.6) is 0 Å². The van der Waals surface area contributed by atoms with Gasteiger partial charge in [-0.1, -0.05) is 13.8 Å². The van der Waals surface area contributed by atoms with E-state index in [4.69, 9.17) is 33.2 Å². The van der Waals surface area contributed by atoms with E-state index in [1.807, 2.05) is 0 Å². The molecular weight excluding hydrogens is 644 g/mol. The van der Waals surface area contributed by atoms with Gasteiger partial charge in [0.2, 0.25) is 0 Å². The van der Waals surface area contributed by atoms with E-state index in [1.165, 1.54) is 0 Å². The molecule has 20 nitrogen and oxygen atoms in total. The van der Waals surface area contributed by atoms with Gasteiger partial charge in [0, 0.05) is 0 Å². The standard InChI is InChI=1S/C27H48O20/c1-7(2)21-24(47-26-18(38)16(36)13(33)9(4-29)43-26)19(39)22(11(6-31)41-21)45-27-20(40)23(14(34)10(5-30)44-27)46-25-17(37)15(35)12(32)8(3-28)42-25/h7-40H,3-6H2,1-2H3/t8-,9-,10-,11-,12-,13-,14-,15+,16+,17-,18-,19+,20-,21+,22-,23+,24-,25+,26+,27+/m1/s1. The second-order valence-corrected chi connectivity index (χ2v) is 12.5. The molecule has 13 N–H and O–H groups in total. The number of rotatable bonds is 11. The van der Waals surface area contributed by atoms with E-state index in [2.05, 4.69) is 0 Å². The van der Waals surface area contributed by atoms with Crippen LogP contribution >= 0.6 is 0 Å². The molecule has 0 spiro atoms.